The van der Waals surface area contributed by atoms with E-state index in [9.17, 15) is 14.0 Å². The topological polar surface area (TPSA) is 110 Å². The van der Waals surface area contributed by atoms with Crippen LogP contribution < -0.4 is 20.5 Å². The maximum Gasteiger partial charge on any atom is 0.281 e. The first kappa shape index (κ1) is 28.9. The maximum absolute atomic E-state index is 14.3. The molecule has 4 heterocycles. The smallest absolute Gasteiger partial charge is 0.281 e. The van der Waals surface area contributed by atoms with Crippen LogP contribution in [0.15, 0.2) is 35.3 Å². The first-order valence-electron chi connectivity index (χ1n) is 13.3. The third-order valence-corrected chi connectivity index (χ3v) is 8.02. The lowest BCUT2D eigenvalue weighted by molar-refractivity contribution is 0.0980. The standard InChI is InChI=1S/C28H32ClFN8O2S/c1-15-12-18(16(2)31-21-6-7-22(29)32-25(21)26(39)35-41-5)24-19(13-15)27(40)37(4)28(33-24)38-10-8-17(9-11-38)23-20(30)14-36(3)34-23/h6-7,12-14,16-17,31H,8-11H2,1-5H3,(H,35,39). The number of carbonyl (C=O) groups is 1. The molecule has 1 aliphatic rings. The van der Waals surface area contributed by atoms with Crippen molar-refractivity contribution in [3.63, 3.8) is 0 Å². The molecule has 10 nitrogen and oxygen atoms in total. The lowest BCUT2D eigenvalue weighted by Gasteiger charge is -2.33. The Labute approximate surface area is 246 Å². The van der Waals surface area contributed by atoms with Gasteiger partial charge in [0.15, 0.2) is 11.5 Å². The van der Waals surface area contributed by atoms with Gasteiger partial charge < -0.3 is 10.2 Å². The van der Waals surface area contributed by atoms with Gasteiger partial charge in [-0.2, -0.15) is 5.10 Å². The first-order valence-corrected chi connectivity index (χ1v) is 14.9. The number of aromatic nitrogens is 5. The van der Waals surface area contributed by atoms with Crippen LogP contribution in [-0.4, -0.2) is 49.6 Å². The highest BCUT2D eigenvalue weighted by atomic mass is 35.5. The minimum atomic E-state index is -0.368. The molecule has 1 saturated heterocycles. The van der Waals surface area contributed by atoms with Crippen LogP contribution in [-0.2, 0) is 14.1 Å². The summed E-state index contributed by atoms with van der Waals surface area (Å²) in [6.45, 7) is 5.12. The number of amides is 1. The van der Waals surface area contributed by atoms with Crippen molar-refractivity contribution in [1.82, 2.24) is 29.0 Å². The molecule has 1 aliphatic heterocycles. The minimum absolute atomic E-state index is 0.0119. The number of anilines is 2. The molecular weight excluding hydrogens is 567 g/mol. The van der Waals surface area contributed by atoms with E-state index in [4.69, 9.17) is 16.6 Å². The monoisotopic (exact) mass is 598 g/mol. The van der Waals surface area contributed by atoms with Crippen molar-refractivity contribution < 1.29 is 9.18 Å². The molecule has 0 saturated carbocycles. The summed E-state index contributed by atoms with van der Waals surface area (Å²) in [5, 5.41) is 8.42. The molecule has 2 N–H and O–H groups in total. The zero-order valence-corrected chi connectivity index (χ0v) is 25.1. The lowest BCUT2D eigenvalue weighted by Crippen LogP contribution is -2.38. The van der Waals surface area contributed by atoms with Gasteiger partial charge in [-0.3, -0.25) is 23.6 Å². The number of rotatable bonds is 7. The highest BCUT2D eigenvalue weighted by Crippen LogP contribution is 2.32. The highest BCUT2D eigenvalue weighted by molar-refractivity contribution is 7.97. The van der Waals surface area contributed by atoms with Crippen LogP contribution >= 0.6 is 23.5 Å². The minimum Gasteiger partial charge on any atom is -0.377 e. The van der Waals surface area contributed by atoms with Gasteiger partial charge in [-0.15, -0.1) is 0 Å². The number of hydrogen-bond acceptors (Lipinski definition) is 8. The number of halogens is 2. The van der Waals surface area contributed by atoms with Gasteiger partial charge in [0, 0.05) is 44.9 Å². The third-order valence-electron chi connectivity index (χ3n) is 7.42. The number of nitrogens with zero attached hydrogens (tertiary/aromatic N) is 6. The van der Waals surface area contributed by atoms with Crippen LogP contribution in [0.5, 0.6) is 0 Å². The lowest BCUT2D eigenvalue weighted by atomic mass is 9.93. The maximum atomic E-state index is 14.3. The van der Waals surface area contributed by atoms with Crippen LogP contribution in [0.4, 0.5) is 16.0 Å². The Kier molecular flexibility index (Phi) is 8.23. The zero-order valence-electron chi connectivity index (χ0n) is 23.5. The predicted octanol–water partition coefficient (Wildman–Crippen LogP) is 4.73. The third kappa shape index (κ3) is 5.76. The first-order chi connectivity index (χ1) is 19.6. The Bertz CT molecular complexity index is 1680. The average molecular weight is 599 g/mol. The molecule has 1 aromatic carbocycles. The summed E-state index contributed by atoms with van der Waals surface area (Å²) < 4.78 is 20.1. The number of hydrogen-bond donors (Lipinski definition) is 2. The Morgan fingerprint density at radius 2 is 1.93 bits per heavy atom. The van der Waals surface area contributed by atoms with E-state index < -0.39 is 0 Å². The van der Waals surface area contributed by atoms with Crippen molar-refractivity contribution in [3.05, 3.63) is 74.3 Å². The van der Waals surface area contributed by atoms with E-state index in [-0.39, 0.29) is 40.1 Å². The fourth-order valence-corrected chi connectivity index (χ4v) is 5.87. The Hall–Kier alpha value is -3.64. The van der Waals surface area contributed by atoms with Crippen molar-refractivity contribution in [2.45, 2.75) is 38.6 Å². The number of pyridine rings is 1. The molecule has 3 aromatic heterocycles. The average Bonchev–Trinajstić information content (AvgIpc) is 3.29. The summed E-state index contributed by atoms with van der Waals surface area (Å²) in [6.07, 6.45) is 4.55. The van der Waals surface area contributed by atoms with Crippen molar-refractivity contribution in [1.29, 1.82) is 0 Å². The molecule has 0 radical (unpaired) electrons. The van der Waals surface area contributed by atoms with E-state index in [1.54, 1.807) is 37.1 Å². The van der Waals surface area contributed by atoms with Crippen molar-refractivity contribution in [3.8, 4) is 0 Å². The Morgan fingerprint density at radius 3 is 2.59 bits per heavy atom. The van der Waals surface area contributed by atoms with Crippen molar-refractivity contribution in [2.24, 2.45) is 14.1 Å². The van der Waals surface area contributed by atoms with Crippen molar-refractivity contribution in [2.75, 3.05) is 29.6 Å². The van der Waals surface area contributed by atoms with E-state index in [2.05, 4.69) is 25.0 Å². The van der Waals surface area contributed by atoms with E-state index in [0.29, 0.717) is 54.2 Å². The fourth-order valence-electron chi connectivity index (χ4n) is 5.44. The van der Waals surface area contributed by atoms with Crippen LogP contribution in [0.25, 0.3) is 10.9 Å². The summed E-state index contributed by atoms with van der Waals surface area (Å²) >= 11 is 7.26. The molecular formula is C28H32ClFN8O2S. The van der Waals surface area contributed by atoms with Gasteiger partial charge in [-0.1, -0.05) is 29.6 Å². The summed E-state index contributed by atoms with van der Waals surface area (Å²) in [4.78, 5) is 37.6. The number of benzene rings is 1. The highest BCUT2D eigenvalue weighted by Gasteiger charge is 2.28. The number of nitrogens with one attached hydrogen (secondary N) is 2. The molecule has 5 rings (SSSR count). The van der Waals surface area contributed by atoms with Crippen LogP contribution in [0.3, 0.4) is 0 Å². The van der Waals surface area contributed by atoms with Crippen LogP contribution in [0, 0.1) is 12.7 Å². The SMILES string of the molecule is CSNC(=O)c1nc(Cl)ccc1NC(C)c1cc(C)cc2c(=O)n(C)c(N3CCC(c4nn(C)cc4F)CC3)nc12. The normalized spacial score (nSPS) is 14.9. The van der Waals surface area contributed by atoms with Gasteiger partial charge in [-0.25, -0.2) is 14.4 Å². The van der Waals surface area contributed by atoms with Gasteiger partial charge in [-0.05, 0) is 50.5 Å². The molecule has 0 bridgehead atoms. The second-order valence-electron chi connectivity index (χ2n) is 10.4. The largest absolute Gasteiger partial charge is 0.377 e. The van der Waals surface area contributed by atoms with Crippen LogP contribution in [0.2, 0.25) is 5.15 Å². The van der Waals surface area contributed by atoms with Crippen LogP contribution in [0.1, 0.15) is 59.0 Å². The molecule has 41 heavy (non-hydrogen) atoms. The molecule has 1 amide bonds. The van der Waals surface area contributed by atoms with E-state index >= 15 is 0 Å². The van der Waals surface area contributed by atoms with E-state index in [1.807, 2.05) is 26.0 Å². The quantitative estimate of drug-likeness (QED) is 0.232. The van der Waals surface area contributed by atoms with Crippen molar-refractivity contribution >= 4 is 52.0 Å². The van der Waals surface area contributed by atoms with Gasteiger partial charge in [0.1, 0.15) is 10.8 Å². The summed E-state index contributed by atoms with van der Waals surface area (Å²) in [5.41, 5.74) is 3.35. The number of fused-ring (bicyclic) bond motifs is 1. The Balaban J connectivity index is 1.49. The molecule has 216 valence electrons. The van der Waals surface area contributed by atoms with E-state index in [0.717, 1.165) is 11.1 Å². The second-order valence-corrected chi connectivity index (χ2v) is 11.4. The number of aryl methyl sites for hydroxylation is 2. The molecule has 0 aliphatic carbocycles. The number of carbonyl (C=O) groups excluding carboxylic acids is 1. The second kappa shape index (κ2) is 11.7. The molecule has 1 unspecified atom stereocenters. The predicted molar refractivity (Wildman–Crippen MR) is 161 cm³/mol. The summed E-state index contributed by atoms with van der Waals surface area (Å²) in [5.74, 6) is -0.0773. The Morgan fingerprint density at radius 1 is 1.20 bits per heavy atom. The molecule has 0 spiro atoms. The zero-order chi connectivity index (χ0) is 29.4. The molecule has 4 aromatic rings. The van der Waals surface area contributed by atoms with Gasteiger partial charge in [0.25, 0.3) is 11.5 Å². The van der Waals surface area contributed by atoms with Gasteiger partial charge in [0.05, 0.1) is 28.8 Å². The molecule has 13 heteroatoms. The molecule has 1 fully saturated rings. The fraction of sp³-hybridized carbons (Fsp3) is 0.393. The molecule has 1 atom stereocenters. The number of piperidine rings is 1. The summed E-state index contributed by atoms with van der Waals surface area (Å²) in [7, 11) is 3.45. The van der Waals surface area contributed by atoms with Gasteiger partial charge in [0.2, 0.25) is 5.95 Å². The van der Waals surface area contributed by atoms with E-state index in [1.165, 1.54) is 22.8 Å². The summed E-state index contributed by atoms with van der Waals surface area (Å²) in [6, 6.07) is 6.85. The van der Waals surface area contributed by atoms with Gasteiger partial charge >= 0.3 is 0 Å².